The first-order valence-electron chi connectivity index (χ1n) is 15.9. The number of nitrogens with one attached hydrogen (secondary N) is 1. The van der Waals surface area contributed by atoms with E-state index in [0.29, 0.717) is 49.3 Å². The number of aromatic nitrogens is 3. The molecule has 0 aliphatic carbocycles. The number of alkyl halides is 7. The number of piperazine rings is 1. The molecule has 0 radical (unpaired) electrons. The van der Waals surface area contributed by atoms with Gasteiger partial charge in [-0.3, -0.25) is 9.88 Å². The number of ether oxygens (including phenoxy) is 1. The molecule has 7 rings (SSSR count). The average Bonchev–Trinajstić information content (AvgIpc) is 3.72. The van der Waals surface area contributed by atoms with Crippen LogP contribution in [0.4, 0.5) is 51.0 Å². The van der Waals surface area contributed by atoms with E-state index >= 15 is 4.39 Å². The molecule has 290 valence electrons. The highest BCUT2D eigenvalue weighted by atomic mass is 35.5. The minimum atomic E-state index is -5.08. The number of hydrogen-bond acceptors (Lipinski definition) is 10. The Balaban J connectivity index is 0.000000330. The molecule has 2 aromatic heterocycles. The Kier molecular flexibility index (Phi) is 11.4. The number of rotatable bonds is 5. The van der Waals surface area contributed by atoms with E-state index in [0.717, 1.165) is 32.2 Å². The third-order valence-electron chi connectivity index (χ3n) is 9.24. The lowest BCUT2D eigenvalue weighted by Gasteiger charge is -2.34. The van der Waals surface area contributed by atoms with E-state index in [1.54, 1.807) is 0 Å². The second-order valence-electron chi connectivity index (χ2n) is 12.9. The van der Waals surface area contributed by atoms with Gasteiger partial charge in [-0.15, -0.1) is 0 Å². The van der Waals surface area contributed by atoms with Crippen LogP contribution in [0, 0.1) is 11.6 Å². The van der Waals surface area contributed by atoms with Crippen molar-refractivity contribution in [1.82, 2.24) is 25.2 Å². The normalized spacial score (nSPS) is 23.9. The molecule has 5 N–H and O–H groups in total. The zero-order valence-corrected chi connectivity index (χ0v) is 28.0. The minimum absolute atomic E-state index is 0.00232. The quantitative estimate of drug-likeness (QED) is 0.193. The summed E-state index contributed by atoms with van der Waals surface area (Å²) < 4.78 is 115. The molecule has 53 heavy (non-hydrogen) atoms. The lowest BCUT2D eigenvalue weighted by Crippen LogP contribution is -2.51. The van der Waals surface area contributed by atoms with Crippen LogP contribution in [0.15, 0.2) is 18.3 Å². The Bertz CT molecular complexity index is 1840. The van der Waals surface area contributed by atoms with Gasteiger partial charge in [-0.1, -0.05) is 11.6 Å². The summed E-state index contributed by atoms with van der Waals surface area (Å²) in [7, 11) is 0. The Labute approximate surface area is 299 Å². The number of nitrogens with two attached hydrogens (primary N) is 1. The van der Waals surface area contributed by atoms with Gasteiger partial charge in [-0.05, 0) is 44.4 Å². The fourth-order valence-corrected chi connectivity index (χ4v) is 7.08. The van der Waals surface area contributed by atoms with E-state index in [1.807, 2.05) is 0 Å². The molecule has 4 fully saturated rings. The Morgan fingerprint density at radius 1 is 1.00 bits per heavy atom. The highest BCUT2D eigenvalue weighted by Gasteiger charge is 2.49. The number of carboxylic acids is 2. The highest BCUT2D eigenvalue weighted by molar-refractivity contribution is 6.31. The SMILES string of the molecule is Nc1ccc(Cl)c(F)c1-c1ncc2c(N3C[C@H]4CC[C@@H](C3)N4)nc(OCC34CCCN3CC(F)C4)nc2c1F.O=C(O)C(F)(F)F.O=C(O)C(F)(F)F. The second-order valence-corrected chi connectivity index (χ2v) is 13.3. The van der Waals surface area contributed by atoms with Crippen molar-refractivity contribution in [3.05, 3.63) is 35.0 Å². The Hall–Kier alpha value is -4.37. The maximum absolute atomic E-state index is 16.2. The molecule has 3 aromatic rings. The number of nitrogens with zero attached hydrogens (tertiary/aromatic N) is 5. The number of benzene rings is 1. The predicted molar refractivity (Wildman–Crippen MR) is 170 cm³/mol. The second kappa shape index (κ2) is 15.2. The average molecular weight is 788 g/mol. The van der Waals surface area contributed by atoms with Gasteiger partial charge in [0.2, 0.25) is 0 Å². The molecule has 0 spiro atoms. The number of carboxylic acid groups (broad SMARTS) is 2. The fourth-order valence-electron chi connectivity index (χ4n) is 6.93. The maximum Gasteiger partial charge on any atom is 0.490 e. The summed E-state index contributed by atoms with van der Waals surface area (Å²) in [6.45, 7) is 2.83. The van der Waals surface area contributed by atoms with Gasteiger partial charge in [0.1, 0.15) is 29.8 Å². The third kappa shape index (κ3) is 8.72. The number of anilines is 2. The molecule has 22 heteroatoms. The van der Waals surface area contributed by atoms with E-state index in [-0.39, 0.29) is 40.1 Å². The van der Waals surface area contributed by atoms with Gasteiger partial charge < -0.3 is 30.9 Å². The summed E-state index contributed by atoms with van der Waals surface area (Å²) in [6.07, 6.45) is -5.31. The molecular formula is C31H31ClF9N7O5. The van der Waals surface area contributed by atoms with Gasteiger partial charge in [-0.2, -0.15) is 36.3 Å². The molecule has 4 saturated heterocycles. The van der Waals surface area contributed by atoms with Crippen LogP contribution in [-0.4, -0.2) is 111 Å². The van der Waals surface area contributed by atoms with Gasteiger partial charge >= 0.3 is 30.3 Å². The smallest absolute Gasteiger partial charge is 0.475 e. The largest absolute Gasteiger partial charge is 0.490 e. The Morgan fingerprint density at radius 3 is 2.19 bits per heavy atom. The third-order valence-corrected chi connectivity index (χ3v) is 9.53. The lowest BCUT2D eigenvalue weighted by molar-refractivity contribution is -0.193. The molecule has 4 aliphatic rings. The summed E-state index contributed by atoms with van der Waals surface area (Å²) in [5.74, 6) is -6.69. The van der Waals surface area contributed by atoms with Crippen LogP contribution in [0.3, 0.4) is 0 Å². The van der Waals surface area contributed by atoms with Crippen molar-refractivity contribution in [3.63, 3.8) is 0 Å². The zero-order chi connectivity index (χ0) is 39.0. The number of halogens is 10. The van der Waals surface area contributed by atoms with E-state index in [9.17, 15) is 35.1 Å². The molecule has 6 heterocycles. The van der Waals surface area contributed by atoms with Crippen LogP contribution in [0.2, 0.25) is 5.02 Å². The summed E-state index contributed by atoms with van der Waals surface area (Å²) in [5.41, 5.74) is 5.07. The minimum Gasteiger partial charge on any atom is -0.475 e. The van der Waals surface area contributed by atoms with E-state index in [4.69, 9.17) is 46.9 Å². The molecule has 1 aromatic carbocycles. The predicted octanol–water partition coefficient (Wildman–Crippen LogP) is 5.37. The summed E-state index contributed by atoms with van der Waals surface area (Å²) >= 11 is 5.98. The van der Waals surface area contributed by atoms with Crippen molar-refractivity contribution < 1.29 is 64.1 Å². The van der Waals surface area contributed by atoms with E-state index < -0.39 is 47.6 Å². The van der Waals surface area contributed by atoms with Crippen molar-refractivity contribution in [2.45, 2.75) is 68.3 Å². The number of carbonyl (C=O) groups is 2. The molecule has 0 saturated carbocycles. The molecule has 2 bridgehead atoms. The number of nitrogen functional groups attached to an aromatic ring is 1. The molecule has 12 nitrogen and oxygen atoms in total. The first-order chi connectivity index (χ1) is 24.7. The molecule has 2 unspecified atom stereocenters. The van der Waals surface area contributed by atoms with Crippen LogP contribution >= 0.6 is 11.6 Å². The van der Waals surface area contributed by atoms with Crippen molar-refractivity contribution >= 4 is 45.9 Å². The van der Waals surface area contributed by atoms with Crippen LogP contribution in [0.5, 0.6) is 6.01 Å². The molecule has 4 atom stereocenters. The Morgan fingerprint density at radius 2 is 1.60 bits per heavy atom. The van der Waals surface area contributed by atoms with Crippen molar-refractivity contribution in [1.29, 1.82) is 0 Å². The molecular weight excluding hydrogens is 757 g/mol. The number of hydrogen-bond donors (Lipinski definition) is 4. The van der Waals surface area contributed by atoms with Gasteiger partial charge in [-0.25, -0.2) is 22.8 Å². The summed E-state index contributed by atoms with van der Waals surface area (Å²) in [4.78, 5) is 35.5. The van der Waals surface area contributed by atoms with Crippen LogP contribution < -0.4 is 20.7 Å². The van der Waals surface area contributed by atoms with E-state index in [2.05, 4.69) is 25.1 Å². The number of aliphatic carboxylic acids is 2. The molecule has 0 amide bonds. The topological polar surface area (TPSA) is 167 Å². The zero-order valence-electron chi connectivity index (χ0n) is 27.2. The first-order valence-corrected chi connectivity index (χ1v) is 16.3. The first kappa shape index (κ1) is 39.8. The lowest BCUT2D eigenvalue weighted by atomic mass is 9.95. The summed E-state index contributed by atoms with van der Waals surface area (Å²) in [5, 5.41) is 18.0. The van der Waals surface area contributed by atoms with Crippen molar-refractivity contribution in [2.75, 3.05) is 43.4 Å². The van der Waals surface area contributed by atoms with Gasteiger partial charge in [0, 0.05) is 50.0 Å². The number of fused-ring (bicyclic) bond motifs is 4. The molecule has 4 aliphatic heterocycles. The summed E-state index contributed by atoms with van der Waals surface area (Å²) in [6, 6.07) is 3.34. The van der Waals surface area contributed by atoms with Crippen molar-refractivity contribution in [3.8, 4) is 17.3 Å². The van der Waals surface area contributed by atoms with Crippen molar-refractivity contribution in [2.24, 2.45) is 0 Å². The standard InChI is InChI=1S/C27H29ClF3N7O.2C2HF3O2/c28-18-4-5-19(32)20(21(18)30)24-22(31)23-17(9-33-24)25(37-11-15-2-3-16(12-37)34-15)36-26(35-23)39-13-27-6-1-7-38(27)10-14(29)8-27;2*3-2(4,5)1(6)7/h4-5,9,14-16,34H,1-3,6-8,10-13,32H2;2*(H,6,7)/t14?,15-,16+,27?;;. The van der Waals surface area contributed by atoms with Crippen LogP contribution in [0.25, 0.3) is 22.2 Å². The van der Waals surface area contributed by atoms with Gasteiger partial charge in [0.05, 0.1) is 21.5 Å². The van der Waals surface area contributed by atoms with E-state index in [1.165, 1.54) is 18.3 Å². The number of pyridine rings is 1. The van der Waals surface area contributed by atoms with Gasteiger partial charge in [0.25, 0.3) is 0 Å². The highest BCUT2D eigenvalue weighted by Crippen LogP contribution is 2.41. The van der Waals surface area contributed by atoms with Crippen LogP contribution in [0.1, 0.15) is 32.1 Å². The van der Waals surface area contributed by atoms with Gasteiger partial charge in [0.15, 0.2) is 11.6 Å². The fraction of sp³-hybridized carbons (Fsp3) is 0.516. The monoisotopic (exact) mass is 787 g/mol. The van der Waals surface area contributed by atoms with Crippen LogP contribution in [-0.2, 0) is 9.59 Å². The maximum atomic E-state index is 16.2.